The van der Waals surface area contributed by atoms with Gasteiger partial charge in [-0.2, -0.15) is 5.21 Å². The molecule has 0 spiro atoms. The molecular formula is C8H10N6. The van der Waals surface area contributed by atoms with Crippen LogP contribution in [0.2, 0.25) is 0 Å². The third kappa shape index (κ3) is 2.03. The van der Waals surface area contributed by atoms with Crippen molar-refractivity contribution < 1.29 is 0 Å². The number of aromatic amines is 1. The molecule has 6 heteroatoms. The second-order valence-electron chi connectivity index (χ2n) is 2.90. The quantitative estimate of drug-likeness (QED) is 0.737. The fraction of sp³-hybridized carbons (Fsp3) is 0.250. The van der Waals surface area contributed by atoms with E-state index >= 15 is 0 Å². The minimum absolute atomic E-state index is 0.521. The maximum atomic E-state index is 4.14. The van der Waals surface area contributed by atoms with E-state index in [1.807, 2.05) is 19.1 Å². The minimum Gasteiger partial charge on any atom is -0.363 e. The third-order valence-electron chi connectivity index (χ3n) is 1.73. The summed E-state index contributed by atoms with van der Waals surface area (Å²) in [6.07, 6.45) is 1.76. The molecule has 0 radical (unpaired) electrons. The van der Waals surface area contributed by atoms with Gasteiger partial charge < -0.3 is 5.32 Å². The van der Waals surface area contributed by atoms with E-state index in [0.29, 0.717) is 12.4 Å². The van der Waals surface area contributed by atoms with E-state index < -0.39 is 0 Å². The third-order valence-corrected chi connectivity index (χ3v) is 1.73. The topological polar surface area (TPSA) is 79.4 Å². The second kappa shape index (κ2) is 3.82. The van der Waals surface area contributed by atoms with Crippen LogP contribution in [-0.2, 0) is 6.54 Å². The van der Waals surface area contributed by atoms with Crippen LogP contribution in [0.4, 0.5) is 5.82 Å². The van der Waals surface area contributed by atoms with Crippen LogP contribution in [-0.4, -0.2) is 25.6 Å². The first-order chi connectivity index (χ1) is 6.84. The van der Waals surface area contributed by atoms with Crippen molar-refractivity contribution in [2.45, 2.75) is 13.5 Å². The number of tetrazole rings is 1. The average molecular weight is 190 g/mol. The number of nitrogens with one attached hydrogen (secondary N) is 2. The van der Waals surface area contributed by atoms with Crippen LogP contribution in [0.25, 0.3) is 0 Å². The fourth-order valence-electron chi connectivity index (χ4n) is 1.06. The molecule has 0 aliphatic heterocycles. The Hall–Kier alpha value is -1.98. The predicted molar refractivity (Wildman–Crippen MR) is 50.5 cm³/mol. The molecule has 2 rings (SSSR count). The van der Waals surface area contributed by atoms with E-state index in [2.05, 4.69) is 30.9 Å². The molecule has 0 unspecified atom stereocenters. The van der Waals surface area contributed by atoms with Gasteiger partial charge in [0.1, 0.15) is 5.82 Å². The van der Waals surface area contributed by atoms with Gasteiger partial charge in [0.25, 0.3) is 0 Å². The maximum absolute atomic E-state index is 4.14. The maximum Gasteiger partial charge on any atom is 0.193 e. The van der Waals surface area contributed by atoms with Gasteiger partial charge in [-0.25, -0.2) is 4.98 Å². The Kier molecular flexibility index (Phi) is 2.35. The minimum atomic E-state index is 0.521. The number of H-pyrrole nitrogens is 1. The summed E-state index contributed by atoms with van der Waals surface area (Å²) in [7, 11) is 0. The van der Waals surface area contributed by atoms with Crippen molar-refractivity contribution in [2.75, 3.05) is 5.32 Å². The molecule has 2 aromatic heterocycles. The Bertz CT molecular complexity index is 396. The van der Waals surface area contributed by atoms with Crippen LogP contribution in [0.5, 0.6) is 0 Å². The number of hydrogen-bond acceptors (Lipinski definition) is 5. The predicted octanol–water partition coefficient (Wildman–Crippen LogP) is 0.515. The summed E-state index contributed by atoms with van der Waals surface area (Å²) in [4.78, 5) is 4.14. The molecule has 2 aromatic rings. The van der Waals surface area contributed by atoms with Gasteiger partial charge in [0, 0.05) is 6.20 Å². The van der Waals surface area contributed by atoms with Crippen molar-refractivity contribution in [3.05, 3.63) is 29.7 Å². The SMILES string of the molecule is Cc1ccnc(NCc2nn[nH]n2)c1. The van der Waals surface area contributed by atoms with Crippen molar-refractivity contribution in [1.82, 2.24) is 25.6 Å². The molecule has 14 heavy (non-hydrogen) atoms. The van der Waals surface area contributed by atoms with E-state index in [4.69, 9.17) is 0 Å². The molecule has 72 valence electrons. The summed E-state index contributed by atoms with van der Waals surface area (Å²) in [5.74, 6) is 1.43. The first-order valence-corrected chi connectivity index (χ1v) is 4.23. The average Bonchev–Trinajstić information content (AvgIpc) is 2.67. The molecule has 0 aliphatic carbocycles. The molecule has 2 heterocycles. The number of nitrogens with zero attached hydrogens (tertiary/aromatic N) is 4. The van der Waals surface area contributed by atoms with Gasteiger partial charge in [-0.1, -0.05) is 5.21 Å². The highest BCUT2D eigenvalue weighted by atomic mass is 15.5. The van der Waals surface area contributed by atoms with Gasteiger partial charge in [-0.15, -0.1) is 10.2 Å². The molecular weight excluding hydrogens is 180 g/mol. The summed E-state index contributed by atoms with van der Waals surface area (Å²) in [6.45, 7) is 2.54. The lowest BCUT2D eigenvalue weighted by atomic mass is 10.3. The number of anilines is 1. The fourth-order valence-corrected chi connectivity index (χ4v) is 1.06. The number of aryl methyl sites for hydroxylation is 1. The number of rotatable bonds is 3. The van der Waals surface area contributed by atoms with E-state index in [-0.39, 0.29) is 0 Å². The van der Waals surface area contributed by atoms with Crippen LogP contribution in [0.3, 0.4) is 0 Å². The van der Waals surface area contributed by atoms with Gasteiger partial charge in [0.15, 0.2) is 5.82 Å². The zero-order valence-electron chi connectivity index (χ0n) is 7.73. The van der Waals surface area contributed by atoms with Crippen molar-refractivity contribution in [3.8, 4) is 0 Å². The Labute approximate surface area is 80.8 Å². The molecule has 0 aromatic carbocycles. The number of pyridine rings is 1. The zero-order chi connectivity index (χ0) is 9.80. The smallest absolute Gasteiger partial charge is 0.193 e. The Morgan fingerprint density at radius 2 is 2.43 bits per heavy atom. The van der Waals surface area contributed by atoms with Crippen LogP contribution < -0.4 is 5.32 Å². The Morgan fingerprint density at radius 1 is 1.50 bits per heavy atom. The van der Waals surface area contributed by atoms with E-state index in [1.54, 1.807) is 6.20 Å². The van der Waals surface area contributed by atoms with Crippen molar-refractivity contribution in [1.29, 1.82) is 0 Å². The van der Waals surface area contributed by atoms with E-state index in [0.717, 1.165) is 11.4 Å². The van der Waals surface area contributed by atoms with Gasteiger partial charge in [-0.05, 0) is 24.6 Å². The Morgan fingerprint density at radius 3 is 3.14 bits per heavy atom. The molecule has 2 N–H and O–H groups in total. The highest BCUT2D eigenvalue weighted by molar-refractivity contribution is 5.36. The highest BCUT2D eigenvalue weighted by Gasteiger charge is 1.98. The van der Waals surface area contributed by atoms with E-state index in [1.165, 1.54) is 0 Å². The van der Waals surface area contributed by atoms with E-state index in [9.17, 15) is 0 Å². The van der Waals surface area contributed by atoms with Crippen molar-refractivity contribution in [2.24, 2.45) is 0 Å². The summed E-state index contributed by atoms with van der Waals surface area (Å²) in [5, 5.41) is 16.6. The first-order valence-electron chi connectivity index (χ1n) is 4.23. The Balaban J connectivity index is 1.98. The first kappa shape index (κ1) is 8.61. The largest absolute Gasteiger partial charge is 0.363 e. The van der Waals surface area contributed by atoms with Crippen molar-refractivity contribution in [3.63, 3.8) is 0 Å². The van der Waals surface area contributed by atoms with Crippen LogP contribution in [0.1, 0.15) is 11.4 Å². The van der Waals surface area contributed by atoms with Gasteiger partial charge in [0.05, 0.1) is 6.54 Å². The summed E-state index contributed by atoms with van der Waals surface area (Å²) >= 11 is 0. The molecule has 0 amide bonds. The lowest BCUT2D eigenvalue weighted by Crippen LogP contribution is -2.03. The van der Waals surface area contributed by atoms with Crippen molar-refractivity contribution >= 4 is 5.82 Å². The normalized spacial score (nSPS) is 10.1. The summed E-state index contributed by atoms with van der Waals surface area (Å²) < 4.78 is 0. The molecule has 0 fully saturated rings. The van der Waals surface area contributed by atoms with Gasteiger partial charge >= 0.3 is 0 Å². The van der Waals surface area contributed by atoms with Crippen LogP contribution in [0.15, 0.2) is 18.3 Å². The standard InChI is InChI=1S/C8H10N6/c1-6-2-3-9-7(4-6)10-5-8-11-13-14-12-8/h2-4H,5H2,1H3,(H,9,10)(H,11,12,13,14). The number of hydrogen-bond donors (Lipinski definition) is 2. The van der Waals surface area contributed by atoms with Crippen LogP contribution in [0, 0.1) is 6.92 Å². The summed E-state index contributed by atoms with van der Waals surface area (Å²) in [6, 6.07) is 3.90. The lowest BCUT2D eigenvalue weighted by Gasteiger charge is -2.02. The molecule has 0 atom stereocenters. The molecule has 0 aliphatic rings. The lowest BCUT2D eigenvalue weighted by molar-refractivity contribution is 0.881. The molecule has 0 saturated carbocycles. The second-order valence-corrected chi connectivity index (χ2v) is 2.90. The summed E-state index contributed by atoms with van der Waals surface area (Å²) in [5.41, 5.74) is 1.16. The zero-order valence-corrected chi connectivity index (χ0v) is 7.73. The number of aromatic nitrogens is 5. The highest BCUT2D eigenvalue weighted by Crippen LogP contribution is 2.05. The molecule has 0 bridgehead atoms. The van der Waals surface area contributed by atoms with Gasteiger partial charge in [0.2, 0.25) is 0 Å². The molecule has 6 nitrogen and oxygen atoms in total. The van der Waals surface area contributed by atoms with Crippen LogP contribution >= 0.6 is 0 Å². The molecule has 0 saturated heterocycles. The monoisotopic (exact) mass is 190 g/mol. The van der Waals surface area contributed by atoms with Gasteiger partial charge in [-0.3, -0.25) is 0 Å².